The molecule has 0 spiro atoms. The first kappa shape index (κ1) is 21.7. The van der Waals surface area contributed by atoms with Gasteiger partial charge in [-0.3, -0.25) is 0 Å². The second-order valence-electron chi connectivity index (χ2n) is 4.09. The predicted octanol–water partition coefficient (Wildman–Crippen LogP) is -2.36. The molecule has 0 heterocycles. The Morgan fingerprint density at radius 3 is 1.44 bits per heavy atom. The number of halogens is 2. The normalized spacial score (nSPS) is 9.12. The van der Waals surface area contributed by atoms with Crippen molar-refractivity contribution in [2.24, 2.45) is 0 Å². The standard InChI is InChI=1S/C12H18O.2ClH.Zr/c1-8(2)10-6-5-7-11(9(3)4)12(10)13;;;/h5-9,13H,1-4H3;2*1H;/q;;;+2/p-2. The van der Waals surface area contributed by atoms with Crippen molar-refractivity contribution in [1.82, 2.24) is 0 Å². The second kappa shape index (κ2) is 9.51. The molecule has 0 atom stereocenters. The van der Waals surface area contributed by atoms with E-state index in [1.54, 1.807) is 0 Å². The van der Waals surface area contributed by atoms with E-state index in [4.69, 9.17) is 0 Å². The molecule has 4 heteroatoms. The van der Waals surface area contributed by atoms with Gasteiger partial charge in [0.05, 0.1) is 0 Å². The van der Waals surface area contributed by atoms with E-state index >= 15 is 0 Å². The summed E-state index contributed by atoms with van der Waals surface area (Å²) in [6.45, 7) is 8.39. The zero-order valence-electron chi connectivity index (χ0n) is 10.1. The van der Waals surface area contributed by atoms with Crippen molar-refractivity contribution in [3.8, 4) is 5.75 Å². The zero-order chi connectivity index (χ0) is 10.0. The molecular formula is C12H18Cl2OZr. The van der Waals surface area contributed by atoms with Gasteiger partial charge in [0.15, 0.2) is 0 Å². The van der Waals surface area contributed by atoms with Crippen LogP contribution in [-0.4, -0.2) is 5.11 Å². The van der Waals surface area contributed by atoms with E-state index in [2.05, 4.69) is 27.7 Å². The molecule has 0 bridgehead atoms. The van der Waals surface area contributed by atoms with E-state index in [-0.39, 0.29) is 51.0 Å². The van der Waals surface area contributed by atoms with Gasteiger partial charge >= 0.3 is 26.2 Å². The molecule has 0 aliphatic rings. The minimum atomic E-state index is 0. The smallest absolute Gasteiger partial charge is 1.00 e. The number of benzene rings is 1. The Balaban J connectivity index is -0.000000563. The SMILES string of the molecule is CC(C)c1cccc(C(C)C)c1O.[Cl-].[Cl-].[Zr+2]. The molecule has 0 fully saturated rings. The molecule has 0 amide bonds. The van der Waals surface area contributed by atoms with Crippen molar-refractivity contribution in [2.45, 2.75) is 39.5 Å². The first-order valence-electron chi connectivity index (χ1n) is 4.85. The molecule has 1 nitrogen and oxygen atoms in total. The number of aromatic hydroxyl groups is 1. The van der Waals surface area contributed by atoms with Crippen molar-refractivity contribution in [3.05, 3.63) is 29.3 Å². The molecule has 0 unspecified atom stereocenters. The third kappa shape index (κ3) is 5.21. The Labute approximate surface area is 130 Å². The molecule has 0 aliphatic heterocycles. The van der Waals surface area contributed by atoms with Crippen LogP contribution in [0.3, 0.4) is 0 Å². The predicted molar refractivity (Wildman–Crippen MR) is 56.3 cm³/mol. The van der Waals surface area contributed by atoms with Crippen LogP contribution in [0.5, 0.6) is 5.75 Å². The van der Waals surface area contributed by atoms with Gasteiger partial charge in [-0.05, 0) is 23.0 Å². The fourth-order valence-corrected chi connectivity index (χ4v) is 1.51. The molecule has 90 valence electrons. The molecule has 1 N–H and O–H groups in total. The third-order valence-corrected chi connectivity index (χ3v) is 2.34. The number of rotatable bonds is 2. The van der Waals surface area contributed by atoms with E-state index in [9.17, 15) is 5.11 Å². The molecule has 1 rings (SSSR count). The molecule has 0 saturated carbocycles. The van der Waals surface area contributed by atoms with E-state index in [1.165, 1.54) is 0 Å². The summed E-state index contributed by atoms with van der Waals surface area (Å²) in [5.41, 5.74) is 2.09. The maximum atomic E-state index is 9.93. The van der Waals surface area contributed by atoms with Gasteiger partial charge in [-0.25, -0.2) is 0 Å². The van der Waals surface area contributed by atoms with Gasteiger partial charge in [-0.15, -0.1) is 0 Å². The maximum Gasteiger partial charge on any atom is 2.00 e. The number of hydrogen-bond donors (Lipinski definition) is 1. The number of phenolic OH excluding ortho intramolecular Hbond substituents is 1. The molecule has 1 aromatic carbocycles. The van der Waals surface area contributed by atoms with Crippen LogP contribution in [0, 0.1) is 0 Å². The van der Waals surface area contributed by atoms with Gasteiger partial charge in [0, 0.05) is 0 Å². The van der Waals surface area contributed by atoms with Crippen LogP contribution in [0.2, 0.25) is 0 Å². The van der Waals surface area contributed by atoms with Crippen molar-refractivity contribution in [2.75, 3.05) is 0 Å². The summed E-state index contributed by atoms with van der Waals surface area (Å²) in [6.07, 6.45) is 0. The van der Waals surface area contributed by atoms with E-state index < -0.39 is 0 Å². The molecule has 0 saturated heterocycles. The number of hydrogen-bond acceptors (Lipinski definition) is 1. The fraction of sp³-hybridized carbons (Fsp3) is 0.500. The molecule has 0 radical (unpaired) electrons. The van der Waals surface area contributed by atoms with Crippen molar-refractivity contribution >= 4 is 0 Å². The van der Waals surface area contributed by atoms with Crippen LogP contribution in [-0.2, 0) is 26.2 Å². The Hall–Kier alpha value is 0.483. The minimum absolute atomic E-state index is 0. The molecule has 1 aromatic rings. The zero-order valence-corrected chi connectivity index (χ0v) is 14.1. The van der Waals surface area contributed by atoms with E-state index in [0.29, 0.717) is 17.6 Å². The monoisotopic (exact) mass is 338 g/mol. The second-order valence-corrected chi connectivity index (χ2v) is 4.09. The van der Waals surface area contributed by atoms with Crippen molar-refractivity contribution < 1.29 is 56.1 Å². The first-order chi connectivity index (χ1) is 6.04. The van der Waals surface area contributed by atoms with Crippen LogP contribution in [0.15, 0.2) is 18.2 Å². The van der Waals surface area contributed by atoms with Crippen LogP contribution >= 0.6 is 0 Å². The number of phenols is 1. The quantitative estimate of drug-likeness (QED) is 0.639. The largest absolute Gasteiger partial charge is 2.00 e. The molecule has 0 aliphatic carbocycles. The molecule has 16 heavy (non-hydrogen) atoms. The van der Waals surface area contributed by atoms with Crippen molar-refractivity contribution in [1.29, 1.82) is 0 Å². The molecule has 0 aromatic heterocycles. The summed E-state index contributed by atoms with van der Waals surface area (Å²) < 4.78 is 0. The van der Waals surface area contributed by atoms with Gasteiger partial charge < -0.3 is 29.9 Å². The summed E-state index contributed by atoms with van der Waals surface area (Å²) in [6, 6.07) is 6.00. The Morgan fingerprint density at radius 2 is 1.19 bits per heavy atom. The Morgan fingerprint density at radius 1 is 0.875 bits per heavy atom. The van der Waals surface area contributed by atoms with Crippen LogP contribution in [0.4, 0.5) is 0 Å². The maximum absolute atomic E-state index is 9.93. The summed E-state index contributed by atoms with van der Waals surface area (Å²) >= 11 is 0. The van der Waals surface area contributed by atoms with Gasteiger partial charge in [0.25, 0.3) is 0 Å². The van der Waals surface area contributed by atoms with E-state index in [1.807, 2.05) is 18.2 Å². The third-order valence-electron chi connectivity index (χ3n) is 2.34. The average Bonchev–Trinajstić information content (AvgIpc) is 2.03. The van der Waals surface area contributed by atoms with E-state index in [0.717, 1.165) is 11.1 Å². The summed E-state index contributed by atoms with van der Waals surface area (Å²) in [4.78, 5) is 0. The fourth-order valence-electron chi connectivity index (χ4n) is 1.51. The molecular weight excluding hydrogens is 322 g/mol. The van der Waals surface area contributed by atoms with Crippen LogP contribution < -0.4 is 24.8 Å². The van der Waals surface area contributed by atoms with Gasteiger partial charge in [0.1, 0.15) is 5.75 Å². The van der Waals surface area contributed by atoms with Crippen LogP contribution in [0.25, 0.3) is 0 Å². The van der Waals surface area contributed by atoms with Gasteiger partial charge in [-0.2, -0.15) is 0 Å². The Kier molecular flexibility index (Phi) is 12.9. The summed E-state index contributed by atoms with van der Waals surface area (Å²) in [7, 11) is 0. The minimum Gasteiger partial charge on any atom is -1.00 e. The summed E-state index contributed by atoms with van der Waals surface area (Å²) in [5, 5.41) is 9.93. The topological polar surface area (TPSA) is 20.2 Å². The van der Waals surface area contributed by atoms with Gasteiger partial charge in [0.2, 0.25) is 0 Å². The first-order valence-corrected chi connectivity index (χ1v) is 4.85. The van der Waals surface area contributed by atoms with Crippen molar-refractivity contribution in [3.63, 3.8) is 0 Å². The van der Waals surface area contributed by atoms with Gasteiger partial charge in [-0.1, -0.05) is 45.9 Å². The number of para-hydroxylation sites is 1. The van der Waals surface area contributed by atoms with Crippen LogP contribution in [0.1, 0.15) is 50.7 Å². The Bertz CT molecular complexity index is 275. The average molecular weight is 340 g/mol. The summed E-state index contributed by atoms with van der Waals surface area (Å²) in [5.74, 6) is 1.25.